The van der Waals surface area contributed by atoms with Gasteiger partial charge in [0.2, 0.25) is 0 Å². The molecule has 1 rings (SSSR count). The lowest BCUT2D eigenvalue weighted by Gasteiger charge is -2.15. The molecule has 1 unspecified atom stereocenters. The summed E-state index contributed by atoms with van der Waals surface area (Å²) >= 11 is 15.4. The van der Waals surface area contributed by atoms with Gasteiger partial charge in [0.15, 0.2) is 0 Å². The fraction of sp³-hybridized carbons (Fsp3) is 0.417. The number of hydrogen-bond acceptors (Lipinski definition) is 1. The van der Waals surface area contributed by atoms with Crippen molar-refractivity contribution in [3.63, 3.8) is 0 Å². The SMILES string of the molecule is CC(C)C(Br)CNC(=O)c1c(Cl)cccc1Cl. The van der Waals surface area contributed by atoms with Crippen LogP contribution < -0.4 is 5.32 Å². The monoisotopic (exact) mass is 337 g/mol. The van der Waals surface area contributed by atoms with Crippen LogP contribution in [0.4, 0.5) is 0 Å². The van der Waals surface area contributed by atoms with Gasteiger partial charge >= 0.3 is 0 Å². The van der Waals surface area contributed by atoms with Crippen LogP contribution in [0.15, 0.2) is 18.2 Å². The lowest BCUT2D eigenvalue weighted by Crippen LogP contribution is -2.32. The zero-order valence-electron chi connectivity index (χ0n) is 9.64. The summed E-state index contributed by atoms with van der Waals surface area (Å²) in [7, 11) is 0. The van der Waals surface area contributed by atoms with Crippen molar-refractivity contribution >= 4 is 45.0 Å². The number of rotatable bonds is 4. The van der Waals surface area contributed by atoms with E-state index >= 15 is 0 Å². The maximum atomic E-state index is 11.9. The molecule has 0 aromatic heterocycles. The number of hydrogen-bond donors (Lipinski definition) is 1. The summed E-state index contributed by atoms with van der Waals surface area (Å²) in [4.78, 5) is 12.1. The molecule has 0 radical (unpaired) electrons. The second-order valence-electron chi connectivity index (χ2n) is 4.07. The quantitative estimate of drug-likeness (QED) is 0.821. The Morgan fingerprint density at radius 3 is 2.35 bits per heavy atom. The standard InChI is InChI=1S/C12H14BrCl2NO/c1-7(2)8(13)6-16-12(17)11-9(14)4-3-5-10(11)15/h3-5,7-8H,6H2,1-2H3,(H,16,17). The number of nitrogens with one attached hydrogen (secondary N) is 1. The minimum Gasteiger partial charge on any atom is -0.351 e. The van der Waals surface area contributed by atoms with Gasteiger partial charge in [-0.25, -0.2) is 0 Å². The van der Waals surface area contributed by atoms with Gasteiger partial charge < -0.3 is 5.32 Å². The predicted molar refractivity (Wildman–Crippen MR) is 76.3 cm³/mol. The first-order chi connectivity index (χ1) is 7.93. The highest BCUT2D eigenvalue weighted by Gasteiger charge is 2.16. The molecule has 17 heavy (non-hydrogen) atoms. The summed E-state index contributed by atoms with van der Waals surface area (Å²) in [6.45, 7) is 4.69. The highest BCUT2D eigenvalue weighted by molar-refractivity contribution is 9.09. The lowest BCUT2D eigenvalue weighted by atomic mass is 10.1. The molecule has 1 amide bonds. The number of amides is 1. The highest BCUT2D eigenvalue weighted by Crippen LogP contribution is 2.24. The van der Waals surface area contributed by atoms with E-state index in [2.05, 4.69) is 35.1 Å². The van der Waals surface area contributed by atoms with Gasteiger partial charge in [0, 0.05) is 11.4 Å². The number of carbonyl (C=O) groups is 1. The first-order valence-corrected chi connectivity index (χ1v) is 6.97. The Hall–Kier alpha value is -0.250. The Morgan fingerprint density at radius 1 is 1.35 bits per heavy atom. The Morgan fingerprint density at radius 2 is 1.88 bits per heavy atom. The van der Waals surface area contributed by atoms with E-state index in [0.29, 0.717) is 28.1 Å². The van der Waals surface area contributed by atoms with Gasteiger partial charge in [0.25, 0.3) is 5.91 Å². The van der Waals surface area contributed by atoms with Gasteiger partial charge in [-0.15, -0.1) is 0 Å². The smallest absolute Gasteiger partial charge is 0.254 e. The van der Waals surface area contributed by atoms with Crippen LogP contribution in [-0.2, 0) is 0 Å². The minimum absolute atomic E-state index is 0.229. The topological polar surface area (TPSA) is 29.1 Å². The average molecular weight is 339 g/mol. The van der Waals surface area contributed by atoms with E-state index in [1.165, 1.54) is 0 Å². The zero-order valence-corrected chi connectivity index (χ0v) is 12.7. The summed E-state index contributed by atoms with van der Waals surface area (Å²) < 4.78 is 0. The number of halogens is 3. The van der Waals surface area contributed by atoms with Gasteiger partial charge in [-0.2, -0.15) is 0 Å². The van der Waals surface area contributed by atoms with Gasteiger partial charge in [-0.3, -0.25) is 4.79 Å². The number of carbonyl (C=O) groups excluding carboxylic acids is 1. The number of benzene rings is 1. The van der Waals surface area contributed by atoms with Gasteiger partial charge in [0.1, 0.15) is 0 Å². The minimum atomic E-state index is -0.245. The van der Waals surface area contributed by atoms with Crippen molar-refractivity contribution in [2.24, 2.45) is 5.92 Å². The molecule has 0 bridgehead atoms. The molecule has 1 N–H and O–H groups in total. The van der Waals surface area contributed by atoms with Gasteiger partial charge in [-0.05, 0) is 18.1 Å². The summed E-state index contributed by atoms with van der Waals surface area (Å²) in [5.74, 6) is 0.197. The third-order valence-electron chi connectivity index (χ3n) is 2.37. The van der Waals surface area contributed by atoms with Crippen LogP contribution in [0.5, 0.6) is 0 Å². The van der Waals surface area contributed by atoms with Crippen LogP contribution in [0.3, 0.4) is 0 Å². The Bertz CT molecular complexity index is 389. The van der Waals surface area contributed by atoms with E-state index in [9.17, 15) is 4.79 Å². The van der Waals surface area contributed by atoms with Crippen LogP contribution in [0, 0.1) is 5.92 Å². The molecule has 1 atom stereocenters. The maximum absolute atomic E-state index is 11.9. The second-order valence-corrected chi connectivity index (χ2v) is 6.06. The maximum Gasteiger partial charge on any atom is 0.254 e. The normalized spacial score (nSPS) is 12.6. The van der Waals surface area contributed by atoms with Crippen LogP contribution in [0.25, 0.3) is 0 Å². The Balaban J connectivity index is 2.71. The molecular formula is C12H14BrCl2NO. The fourth-order valence-electron chi connectivity index (χ4n) is 1.23. The molecule has 1 aromatic rings. The van der Waals surface area contributed by atoms with Gasteiger partial charge in [0.05, 0.1) is 15.6 Å². The van der Waals surface area contributed by atoms with Crippen molar-refractivity contribution in [2.45, 2.75) is 18.7 Å². The molecule has 0 aliphatic carbocycles. The van der Waals surface area contributed by atoms with Crippen LogP contribution in [-0.4, -0.2) is 17.3 Å². The summed E-state index contributed by atoms with van der Waals surface area (Å²) in [6, 6.07) is 5.01. The number of alkyl halides is 1. The Kier molecular flexibility index (Phi) is 5.77. The van der Waals surface area contributed by atoms with E-state index in [0.717, 1.165) is 0 Å². The first-order valence-electron chi connectivity index (χ1n) is 5.29. The molecule has 0 heterocycles. The van der Waals surface area contributed by atoms with E-state index in [-0.39, 0.29) is 10.7 Å². The van der Waals surface area contributed by atoms with Crippen molar-refractivity contribution < 1.29 is 4.79 Å². The predicted octanol–water partition coefficient (Wildman–Crippen LogP) is 4.14. The molecular weight excluding hydrogens is 325 g/mol. The van der Waals surface area contributed by atoms with Crippen molar-refractivity contribution in [1.29, 1.82) is 0 Å². The molecule has 0 saturated carbocycles. The molecule has 2 nitrogen and oxygen atoms in total. The summed E-state index contributed by atoms with van der Waals surface area (Å²) in [6.07, 6.45) is 0. The molecule has 94 valence electrons. The van der Waals surface area contributed by atoms with Crippen molar-refractivity contribution in [2.75, 3.05) is 6.54 Å². The van der Waals surface area contributed by atoms with E-state index in [1.807, 2.05) is 0 Å². The van der Waals surface area contributed by atoms with E-state index in [4.69, 9.17) is 23.2 Å². The lowest BCUT2D eigenvalue weighted by molar-refractivity contribution is 0.0953. The summed E-state index contributed by atoms with van der Waals surface area (Å²) in [5, 5.41) is 3.54. The van der Waals surface area contributed by atoms with Crippen LogP contribution in [0.1, 0.15) is 24.2 Å². The fourth-order valence-corrected chi connectivity index (χ4v) is 1.96. The Labute approximate surface area is 120 Å². The molecule has 0 aliphatic rings. The molecule has 0 aliphatic heterocycles. The summed E-state index contributed by atoms with van der Waals surface area (Å²) in [5.41, 5.74) is 0.333. The van der Waals surface area contributed by atoms with E-state index in [1.54, 1.807) is 18.2 Å². The van der Waals surface area contributed by atoms with Crippen molar-refractivity contribution in [3.05, 3.63) is 33.8 Å². The molecule has 1 aromatic carbocycles. The molecule has 0 saturated heterocycles. The van der Waals surface area contributed by atoms with Crippen LogP contribution >= 0.6 is 39.1 Å². The zero-order chi connectivity index (χ0) is 13.0. The van der Waals surface area contributed by atoms with Crippen LogP contribution in [0.2, 0.25) is 10.0 Å². The third-order valence-corrected chi connectivity index (χ3v) is 4.38. The molecule has 0 fully saturated rings. The van der Waals surface area contributed by atoms with Crippen molar-refractivity contribution in [1.82, 2.24) is 5.32 Å². The van der Waals surface area contributed by atoms with Crippen molar-refractivity contribution in [3.8, 4) is 0 Å². The third kappa shape index (κ3) is 4.16. The molecule has 5 heteroatoms. The largest absolute Gasteiger partial charge is 0.351 e. The van der Waals surface area contributed by atoms with Gasteiger partial charge in [-0.1, -0.05) is 59.0 Å². The second kappa shape index (κ2) is 6.62. The average Bonchev–Trinajstić information content (AvgIpc) is 2.25. The van der Waals surface area contributed by atoms with E-state index < -0.39 is 0 Å². The molecule has 0 spiro atoms. The first kappa shape index (κ1) is 14.8. The highest BCUT2D eigenvalue weighted by atomic mass is 79.9.